The molecule has 0 unspecified atom stereocenters. The van der Waals surface area contributed by atoms with Crippen molar-refractivity contribution in [3.05, 3.63) is 29.8 Å². The standard InChI is InChI=1S/C15H21NO2/c1-11(2)13-9-16(10-13)14-5-3-4-12(8-14)6-7-15(17)18/h3-5,8,11,13H,6-7,9-10H2,1-2H3,(H,17,18). The smallest absolute Gasteiger partial charge is 0.303 e. The van der Waals surface area contributed by atoms with Crippen molar-refractivity contribution >= 4 is 11.7 Å². The molecular weight excluding hydrogens is 226 g/mol. The molecule has 2 rings (SSSR count). The Morgan fingerprint density at radius 1 is 1.44 bits per heavy atom. The molecule has 3 heteroatoms. The maximum absolute atomic E-state index is 10.6. The lowest BCUT2D eigenvalue weighted by atomic mass is 9.88. The Kier molecular flexibility index (Phi) is 3.90. The van der Waals surface area contributed by atoms with Gasteiger partial charge in [0.15, 0.2) is 0 Å². The third-order valence-corrected chi connectivity index (χ3v) is 3.76. The van der Waals surface area contributed by atoms with E-state index in [1.165, 1.54) is 5.69 Å². The third-order valence-electron chi connectivity index (χ3n) is 3.76. The predicted octanol–water partition coefficient (Wildman–Crippen LogP) is 2.80. The average Bonchev–Trinajstić information content (AvgIpc) is 2.24. The number of aryl methyl sites for hydroxylation is 1. The lowest BCUT2D eigenvalue weighted by Gasteiger charge is -2.43. The summed E-state index contributed by atoms with van der Waals surface area (Å²) in [5.74, 6) is 0.813. The van der Waals surface area contributed by atoms with Crippen LogP contribution in [0.2, 0.25) is 0 Å². The highest BCUT2D eigenvalue weighted by Gasteiger charge is 2.28. The fourth-order valence-corrected chi connectivity index (χ4v) is 2.31. The second-order valence-corrected chi connectivity index (χ2v) is 5.47. The Labute approximate surface area is 108 Å². The van der Waals surface area contributed by atoms with Crippen molar-refractivity contribution in [1.29, 1.82) is 0 Å². The van der Waals surface area contributed by atoms with Crippen LogP contribution >= 0.6 is 0 Å². The monoisotopic (exact) mass is 247 g/mol. The van der Waals surface area contributed by atoms with Gasteiger partial charge in [-0.05, 0) is 36.0 Å². The molecule has 0 spiro atoms. The highest BCUT2D eigenvalue weighted by Crippen LogP contribution is 2.29. The van der Waals surface area contributed by atoms with Gasteiger partial charge in [0.25, 0.3) is 0 Å². The minimum absolute atomic E-state index is 0.206. The molecule has 1 heterocycles. The number of carbonyl (C=O) groups is 1. The van der Waals surface area contributed by atoms with Gasteiger partial charge in [0.1, 0.15) is 0 Å². The van der Waals surface area contributed by atoms with Gasteiger partial charge in [-0.1, -0.05) is 26.0 Å². The Bertz CT molecular complexity index is 422. The second-order valence-electron chi connectivity index (χ2n) is 5.47. The molecule has 0 aliphatic carbocycles. The van der Waals surface area contributed by atoms with Crippen molar-refractivity contribution < 1.29 is 9.90 Å². The fraction of sp³-hybridized carbons (Fsp3) is 0.533. The number of carboxylic acid groups (broad SMARTS) is 1. The molecule has 98 valence electrons. The molecule has 1 aliphatic heterocycles. The molecule has 0 amide bonds. The van der Waals surface area contributed by atoms with Gasteiger partial charge in [-0.15, -0.1) is 0 Å². The summed E-state index contributed by atoms with van der Waals surface area (Å²) in [6.07, 6.45) is 0.822. The number of anilines is 1. The summed E-state index contributed by atoms with van der Waals surface area (Å²) in [6, 6.07) is 8.27. The van der Waals surface area contributed by atoms with Gasteiger partial charge in [0.05, 0.1) is 0 Å². The number of aliphatic carboxylic acids is 1. The van der Waals surface area contributed by atoms with Gasteiger partial charge in [-0.25, -0.2) is 0 Å². The zero-order valence-corrected chi connectivity index (χ0v) is 11.1. The number of benzene rings is 1. The molecule has 1 aliphatic rings. The number of carboxylic acids is 1. The largest absolute Gasteiger partial charge is 0.481 e. The molecule has 18 heavy (non-hydrogen) atoms. The molecule has 1 aromatic rings. The van der Waals surface area contributed by atoms with Crippen LogP contribution in [-0.4, -0.2) is 24.2 Å². The summed E-state index contributed by atoms with van der Waals surface area (Å²) in [6.45, 7) is 6.79. The van der Waals surface area contributed by atoms with E-state index in [-0.39, 0.29) is 6.42 Å². The average molecular weight is 247 g/mol. The van der Waals surface area contributed by atoms with Crippen molar-refractivity contribution in [2.75, 3.05) is 18.0 Å². The SMILES string of the molecule is CC(C)C1CN(c2cccc(CCC(=O)O)c2)C1. The minimum Gasteiger partial charge on any atom is -0.481 e. The van der Waals surface area contributed by atoms with Crippen molar-refractivity contribution in [1.82, 2.24) is 0 Å². The lowest BCUT2D eigenvalue weighted by molar-refractivity contribution is -0.136. The van der Waals surface area contributed by atoms with Crippen LogP contribution in [0.4, 0.5) is 5.69 Å². The molecular formula is C15H21NO2. The van der Waals surface area contributed by atoms with E-state index < -0.39 is 5.97 Å². The molecule has 1 fully saturated rings. The van der Waals surface area contributed by atoms with Crippen LogP contribution < -0.4 is 4.90 Å². The molecule has 0 aromatic heterocycles. The highest BCUT2D eigenvalue weighted by atomic mass is 16.4. The maximum atomic E-state index is 10.6. The van der Waals surface area contributed by atoms with Crippen LogP contribution in [-0.2, 0) is 11.2 Å². The zero-order valence-electron chi connectivity index (χ0n) is 11.1. The molecule has 1 aromatic carbocycles. The summed E-state index contributed by atoms with van der Waals surface area (Å²) in [5, 5.41) is 8.70. The van der Waals surface area contributed by atoms with Crippen LogP contribution in [0.3, 0.4) is 0 Å². The van der Waals surface area contributed by atoms with E-state index in [0.29, 0.717) is 6.42 Å². The van der Waals surface area contributed by atoms with E-state index in [2.05, 4.69) is 30.9 Å². The number of hydrogen-bond acceptors (Lipinski definition) is 2. The lowest BCUT2D eigenvalue weighted by Crippen LogP contribution is -2.49. The Hall–Kier alpha value is -1.51. The van der Waals surface area contributed by atoms with E-state index in [1.807, 2.05) is 12.1 Å². The van der Waals surface area contributed by atoms with E-state index in [4.69, 9.17) is 5.11 Å². The molecule has 0 radical (unpaired) electrons. The predicted molar refractivity (Wildman–Crippen MR) is 72.9 cm³/mol. The van der Waals surface area contributed by atoms with E-state index in [0.717, 1.165) is 30.5 Å². The maximum Gasteiger partial charge on any atom is 0.303 e. The van der Waals surface area contributed by atoms with Crippen molar-refractivity contribution in [3.63, 3.8) is 0 Å². The van der Waals surface area contributed by atoms with Crippen molar-refractivity contribution in [2.45, 2.75) is 26.7 Å². The molecule has 3 nitrogen and oxygen atoms in total. The van der Waals surface area contributed by atoms with Crippen LogP contribution in [0.15, 0.2) is 24.3 Å². The first kappa shape index (κ1) is 12.9. The Morgan fingerprint density at radius 2 is 2.17 bits per heavy atom. The summed E-state index contributed by atoms with van der Waals surface area (Å²) in [4.78, 5) is 12.9. The zero-order chi connectivity index (χ0) is 13.1. The first-order chi connectivity index (χ1) is 8.56. The highest BCUT2D eigenvalue weighted by molar-refractivity contribution is 5.67. The topological polar surface area (TPSA) is 40.5 Å². The van der Waals surface area contributed by atoms with E-state index >= 15 is 0 Å². The number of nitrogens with zero attached hydrogens (tertiary/aromatic N) is 1. The van der Waals surface area contributed by atoms with Crippen LogP contribution in [0.25, 0.3) is 0 Å². The molecule has 0 saturated carbocycles. The van der Waals surface area contributed by atoms with Gasteiger partial charge in [-0.3, -0.25) is 4.79 Å². The van der Waals surface area contributed by atoms with Gasteiger partial charge in [0.2, 0.25) is 0 Å². The summed E-state index contributed by atoms with van der Waals surface area (Å²) < 4.78 is 0. The van der Waals surface area contributed by atoms with Gasteiger partial charge in [0, 0.05) is 25.2 Å². The van der Waals surface area contributed by atoms with Crippen molar-refractivity contribution in [2.24, 2.45) is 11.8 Å². The third kappa shape index (κ3) is 3.03. The van der Waals surface area contributed by atoms with Crippen LogP contribution in [0.5, 0.6) is 0 Å². The van der Waals surface area contributed by atoms with Gasteiger partial charge >= 0.3 is 5.97 Å². The molecule has 0 atom stereocenters. The summed E-state index contributed by atoms with van der Waals surface area (Å²) in [5.41, 5.74) is 2.35. The van der Waals surface area contributed by atoms with Crippen LogP contribution in [0, 0.1) is 11.8 Å². The van der Waals surface area contributed by atoms with E-state index in [9.17, 15) is 4.79 Å². The first-order valence-electron chi connectivity index (χ1n) is 6.62. The van der Waals surface area contributed by atoms with Gasteiger partial charge in [-0.2, -0.15) is 0 Å². The normalized spacial score (nSPS) is 15.8. The Balaban J connectivity index is 1.94. The summed E-state index contributed by atoms with van der Waals surface area (Å²) >= 11 is 0. The molecule has 1 N–H and O–H groups in total. The first-order valence-corrected chi connectivity index (χ1v) is 6.62. The quantitative estimate of drug-likeness (QED) is 0.869. The van der Waals surface area contributed by atoms with Crippen molar-refractivity contribution in [3.8, 4) is 0 Å². The minimum atomic E-state index is -0.732. The molecule has 1 saturated heterocycles. The summed E-state index contributed by atoms with van der Waals surface area (Å²) in [7, 11) is 0. The Morgan fingerprint density at radius 3 is 2.78 bits per heavy atom. The number of rotatable bonds is 5. The second kappa shape index (κ2) is 5.42. The molecule has 0 bridgehead atoms. The van der Waals surface area contributed by atoms with Crippen LogP contribution in [0.1, 0.15) is 25.8 Å². The number of hydrogen-bond donors (Lipinski definition) is 1. The van der Waals surface area contributed by atoms with Gasteiger partial charge < -0.3 is 10.0 Å². The van der Waals surface area contributed by atoms with E-state index in [1.54, 1.807) is 0 Å². The fourth-order valence-electron chi connectivity index (χ4n) is 2.31.